The maximum Gasteiger partial charge on any atom is 0.416 e. The second-order valence-corrected chi connectivity index (χ2v) is 11.6. The Morgan fingerprint density at radius 3 is 2.22 bits per heavy atom. The number of anilines is 1. The Kier molecular flexibility index (Phi) is 9.77. The number of rotatable bonds is 10. The molecule has 1 unspecified atom stereocenters. The molecule has 2 heterocycles. The number of carbonyl (C=O) groups excluding carboxylic acids is 2. The number of alkyl halides is 3. The van der Waals surface area contributed by atoms with E-state index in [0.717, 1.165) is 34.2 Å². The fraction of sp³-hybridized carbons (Fsp3) is 0.128. The van der Waals surface area contributed by atoms with E-state index in [1.165, 1.54) is 18.3 Å². The molecular formula is C39H32F3N5O2. The number of fused-ring (bicyclic) bond motifs is 1. The lowest BCUT2D eigenvalue weighted by Gasteiger charge is -2.25. The van der Waals surface area contributed by atoms with E-state index < -0.39 is 23.7 Å². The van der Waals surface area contributed by atoms with Crippen LogP contribution in [0.15, 0.2) is 134 Å². The molecule has 7 nitrogen and oxygen atoms in total. The van der Waals surface area contributed by atoms with Crippen molar-refractivity contribution in [2.24, 2.45) is 0 Å². The van der Waals surface area contributed by atoms with E-state index in [2.05, 4.69) is 20.6 Å². The average Bonchev–Trinajstić information content (AvgIpc) is 3.12. The van der Waals surface area contributed by atoms with E-state index >= 15 is 0 Å². The predicted octanol–water partition coefficient (Wildman–Crippen LogP) is 8.06. The predicted molar refractivity (Wildman–Crippen MR) is 183 cm³/mol. The van der Waals surface area contributed by atoms with Crippen molar-refractivity contribution in [2.45, 2.75) is 25.3 Å². The van der Waals surface area contributed by atoms with Crippen LogP contribution in [0.3, 0.4) is 0 Å². The summed E-state index contributed by atoms with van der Waals surface area (Å²) < 4.78 is 39.2. The molecule has 6 rings (SSSR count). The van der Waals surface area contributed by atoms with E-state index in [1.807, 2.05) is 84.9 Å². The summed E-state index contributed by atoms with van der Waals surface area (Å²) in [4.78, 5) is 37.5. The van der Waals surface area contributed by atoms with Crippen LogP contribution in [0.2, 0.25) is 0 Å². The van der Waals surface area contributed by atoms with Crippen molar-refractivity contribution < 1.29 is 22.8 Å². The molecule has 0 saturated carbocycles. The summed E-state index contributed by atoms with van der Waals surface area (Å²) >= 11 is 0. The van der Waals surface area contributed by atoms with Crippen molar-refractivity contribution in [2.75, 3.05) is 12.4 Å². The zero-order valence-electron chi connectivity index (χ0n) is 26.5. The largest absolute Gasteiger partial charge is 0.416 e. The fourth-order valence-electron chi connectivity index (χ4n) is 5.54. The maximum atomic E-state index is 13.6. The molecule has 2 aromatic heterocycles. The lowest BCUT2D eigenvalue weighted by molar-refractivity contribution is -0.137. The average molecular weight is 660 g/mol. The van der Waals surface area contributed by atoms with Crippen molar-refractivity contribution >= 4 is 28.5 Å². The SMILES string of the molecule is CN(Cc1ccccc1)C(=O)C(NCc1ccc2nc(NC(=O)c3cccnc3-c3ccc(C(F)(F)F)cc3)ccc2c1)c1ccccc1. The van der Waals surface area contributed by atoms with Crippen LogP contribution in [-0.4, -0.2) is 33.7 Å². The molecule has 2 N–H and O–H groups in total. The molecule has 2 amide bonds. The Balaban J connectivity index is 1.15. The van der Waals surface area contributed by atoms with Crippen LogP contribution in [0.4, 0.5) is 19.0 Å². The maximum absolute atomic E-state index is 13.6. The van der Waals surface area contributed by atoms with Gasteiger partial charge in [0.1, 0.15) is 11.9 Å². The summed E-state index contributed by atoms with van der Waals surface area (Å²) in [7, 11) is 1.80. The highest BCUT2D eigenvalue weighted by Crippen LogP contribution is 2.31. The topological polar surface area (TPSA) is 87.2 Å². The number of amides is 2. The molecule has 0 aliphatic rings. The van der Waals surface area contributed by atoms with Gasteiger partial charge in [0, 0.05) is 37.3 Å². The number of benzene rings is 4. The van der Waals surface area contributed by atoms with Crippen LogP contribution >= 0.6 is 0 Å². The summed E-state index contributed by atoms with van der Waals surface area (Å²) in [5.74, 6) is -0.237. The van der Waals surface area contributed by atoms with Gasteiger partial charge in [0.15, 0.2) is 0 Å². The standard InChI is InChI=1S/C39H32F3N5O2/c1-47(25-26-9-4-2-5-10-26)38(49)36(28-11-6-3-7-12-28)44-24-27-14-20-33-30(23-27)17-21-34(45-33)46-37(48)32-13-8-22-43-35(32)29-15-18-31(19-16-29)39(40,41)42/h2-23,36,44H,24-25H2,1H3,(H,45,46,48). The number of carbonyl (C=O) groups is 2. The smallest absolute Gasteiger partial charge is 0.340 e. The van der Waals surface area contributed by atoms with Gasteiger partial charge in [-0.1, -0.05) is 78.9 Å². The van der Waals surface area contributed by atoms with Gasteiger partial charge >= 0.3 is 6.18 Å². The van der Waals surface area contributed by atoms with Crippen LogP contribution in [0.25, 0.3) is 22.2 Å². The highest BCUT2D eigenvalue weighted by Gasteiger charge is 2.30. The first-order chi connectivity index (χ1) is 23.7. The summed E-state index contributed by atoms with van der Waals surface area (Å²) in [6.07, 6.45) is -2.99. The fourth-order valence-corrected chi connectivity index (χ4v) is 5.54. The normalized spacial score (nSPS) is 12.0. The minimum atomic E-state index is -4.47. The third-order valence-corrected chi connectivity index (χ3v) is 8.06. The van der Waals surface area contributed by atoms with E-state index in [4.69, 9.17) is 0 Å². The first-order valence-electron chi connectivity index (χ1n) is 15.6. The second-order valence-electron chi connectivity index (χ2n) is 11.6. The quantitative estimate of drug-likeness (QED) is 0.155. The molecular weight excluding hydrogens is 627 g/mol. The minimum Gasteiger partial charge on any atom is -0.340 e. The zero-order chi connectivity index (χ0) is 34.4. The van der Waals surface area contributed by atoms with E-state index in [1.54, 1.807) is 30.1 Å². The van der Waals surface area contributed by atoms with E-state index in [0.29, 0.717) is 30.0 Å². The van der Waals surface area contributed by atoms with Crippen molar-refractivity contribution in [3.8, 4) is 11.3 Å². The Morgan fingerprint density at radius 2 is 1.51 bits per heavy atom. The van der Waals surface area contributed by atoms with Crippen LogP contribution in [-0.2, 0) is 24.1 Å². The number of hydrogen-bond donors (Lipinski definition) is 2. The number of aromatic nitrogens is 2. The molecule has 6 aromatic rings. The van der Waals surface area contributed by atoms with Gasteiger partial charge in [-0.15, -0.1) is 0 Å². The molecule has 0 radical (unpaired) electrons. The molecule has 0 fully saturated rings. The number of nitrogens with zero attached hydrogens (tertiary/aromatic N) is 3. The third kappa shape index (κ3) is 7.99. The van der Waals surface area contributed by atoms with Gasteiger partial charge in [-0.3, -0.25) is 19.9 Å². The van der Waals surface area contributed by atoms with Gasteiger partial charge in [0.2, 0.25) is 5.91 Å². The number of nitrogens with one attached hydrogen (secondary N) is 2. The van der Waals surface area contributed by atoms with Gasteiger partial charge in [0.25, 0.3) is 5.91 Å². The molecule has 1 atom stereocenters. The minimum absolute atomic E-state index is 0.0482. The molecule has 246 valence electrons. The first-order valence-corrected chi connectivity index (χ1v) is 15.6. The molecule has 0 aliphatic carbocycles. The number of hydrogen-bond acceptors (Lipinski definition) is 5. The third-order valence-electron chi connectivity index (χ3n) is 8.06. The van der Waals surface area contributed by atoms with Crippen LogP contribution < -0.4 is 10.6 Å². The lowest BCUT2D eigenvalue weighted by atomic mass is 10.0. The van der Waals surface area contributed by atoms with Crippen LogP contribution in [0.1, 0.15) is 38.7 Å². The number of likely N-dealkylation sites (N-methyl/N-ethyl adjacent to an activating group) is 1. The molecule has 10 heteroatoms. The summed E-state index contributed by atoms with van der Waals surface area (Å²) in [6.45, 7) is 0.912. The van der Waals surface area contributed by atoms with Crippen LogP contribution in [0, 0.1) is 0 Å². The monoisotopic (exact) mass is 659 g/mol. The first kappa shape index (κ1) is 33.0. The Hall–Kier alpha value is -5.87. The molecule has 0 aliphatic heterocycles. The van der Waals surface area contributed by atoms with Gasteiger partial charge < -0.3 is 10.2 Å². The summed E-state index contributed by atoms with van der Waals surface area (Å²) in [5, 5.41) is 7.06. The summed E-state index contributed by atoms with van der Waals surface area (Å²) in [5.41, 5.74) is 3.55. The molecule has 0 saturated heterocycles. The van der Waals surface area contributed by atoms with Crippen molar-refractivity contribution in [1.29, 1.82) is 0 Å². The highest BCUT2D eigenvalue weighted by atomic mass is 19.4. The van der Waals surface area contributed by atoms with Crippen molar-refractivity contribution in [3.63, 3.8) is 0 Å². The zero-order valence-corrected chi connectivity index (χ0v) is 26.5. The van der Waals surface area contributed by atoms with Gasteiger partial charge in [-0.05, 0) is 65.2 Å². The Morgan fingerprint density at radius 1 is 0.796 bits per heavy atom. The van der Waals surface area contributed by atoms with Crippen LogP contribution in [0.5, 0.6) is 0 Å². The Labute approximate surface area is 281 Å². The van der Waals surface area contributed by atoms with Gasteiger partial charge in [-0.25, -0.2) is 4.98 Å². The number of pyridine rings is 2. The van der Waals surface area contributed by atoms with E-state index in [9.17, 15) is 22.8 Å². The highest BCUT2D eigenvalue weighted by molar-refractivity contribution is 6.08. The molecule has 0 spiro atoms. The lowest BCUT2D eigenvalue weighted by Crippen LogP contribution is -2.38. The Bertz CT molecular complexity index is 2070. The van der Waals surface area contributed by atoms with Gasteiger partial charge in [-0.2, -0.15) is 13.2 Å². The van der Waals surface area contributed by atoms with Gasteiger partial charge in [0.05, 0.1) is 22.3 Å². The molecule has 4 aromatic carbocycles. The number of halogens is 3. The molecule has 49 heavy (non-hydrogen) atoms. The molecule has 0 bridgehead atoms. The summed E-state index contributed by atoms with van der Waals surface area (Å²) in [6, 6.07) is 35.8. The van der Waals surface area contributed by atoms with E-state index in [-0.39, 0.29) is 17.2 Å². The van der Waals surface area contributed by atoms with Crippen molar-refractivity contribution in [1.82, 2.24) is 20.2 Å². The van der Waals surface area contributed by atoms with Crippen molar-refractivity contribution in [3.05, 3.63) is 161 Å². The second kappa shape index (κ2) is 14.5.